The minimum absolute atomic E-state index is 0.583. The Kier molecular flexibility index (Phi) is 3.88. The lowest BCUT2D eigenvalue weighted by Crippen LogP contribution is -1.86. The Bertz CT molecular complexity index is 575. The van der Waals surface area contributed by atoms with Gasteiger partial charge in [-0.3, -0.25) is 4.98 Å². The van der Waals surface area contributed by atoms with Gasteiger partial charge in [0.15, 0.2) is 0 Å². The summed E-state index contributed by atoms with van der Waals surface area (Å²) < 4.78 is 0. The van der Waals surface area contributed by atoms with Gasteiger partial charge in [0.25, 0.3) is 0 Å². The molecule has 0 atom stereocenters. The number of nitriles is 1. The topological polar surface area (TPSA) is 36.7 Å². The quantitative estimate of drug-likeness (QED) is 0.759. The second-order valence-corrected chi connectivity index (χ2v) is 3.98. The minimum Gasteiger partial charge on any atom is -0.256 e. The van der Waals surface area contributed by atoms with E-state index in [1.807, 2.05) is 36.4 Å². The van der Waals surface area contributed by atoms with Crippen LogP contribution in [-0.4, -0.2) is 4.98 Å². The van der Waals surface area contributed by atoms with Gasteiger partial charge in [0, 0.05) is 6.20 Å². The molecule has 1 aromatic carbocycles. The fourth-order valence-electron chi connectivity index (χ4n) is 1.70. The van der Waals surface area contributed by atoms with Crippen molar-refractivity contribution >= 4 is 11.6 Å². The van der Waals surface area contributed by atoms with Gasteiger partial charge < -0.3 is 0 Å². The van der Waals surface area contributed by atoms with Crippen molar-refractivity contribution in [1.82, 2.24) is 4.98 Å². The summed E-state index contributed by atoms with van der Waals surface area (Å²) >= 11 is 0. The van der Waals surface area contributed by atoms with Crippen molar-refractivity contribution in [2.24, 2.45) is 0 Å². The van der Waals surface area contributed by atoms with Crippen molar-refractivity contribution in [2.75, 3.05) is 0 Å². The first-order valence-electron chi connectivity index (χ1n) is 5.95. The van der Waals surface area contributed by atoms with E-state index in [1.165, 1.54) is 5.56 Å². The van der Waals surface area contributed by atoms with E-state index in [0.29, 0.717) is 11.3 Å². The molecular formula is C16H14N2. The third-order valence-corrected chi connectivity index (χ3v) is 2.76. The summed E-state index contributed by atoms with van der Waals surface area (Å²) in [7, 11) is 0. The van der Waals surface area contributed by atoms with Crippen LogP contribution < -0.4 is 0 Å². The maximum absolute atomic E-state index is 9.18. The third-order valence-electron chi connectivity index (χ3n) is 2.76. The van der Waals surface area contributed by atoms with E-state index in [0.717, 1.165) is 12.0 Å². The summed E-state index contributed by atoms with van der Waals surface area (Å²) in [5.74, 6) is 0. The van der Waals surface area contributed by atoms with Gasteiger partial charge in [-0.1, -0.05) is 37.3 Å². The van der Waals surface area contributed by atoms with E-state index in [2.05, 4.69) is 30.1 Å². The van der Waals surface area contributed by atoms with Crippen molar-refractivity contribution < 1.29 is 0 Å². The Morgan fingerprint density at radius 1 is 1.22 bits per heavy atom. The highest BCUT2D eigenvalue weighted by atomic mass is 14.7. The number of aromatic nitrogens is 1. The molecule has 2 heteroatoms. The summed E-state index contributed by atoms with van der Waals surface area (Å²) in [4.78, 5) is 4.19. The summed E-state index contributed by atoms with van der Waals surface area (Å²) in [5, 5.41) is 9.18. The van der Waals surface area contributed by atoms with E-state index in [9.17, 15) is 5.26 Å². The minimum atomic E-state index is 0.583. The van der Waals surface area contributed by atoms with Crippen LogP contribution >= 0.6 is 0 Å². The average Bonchev–Trinajstić information content (AvgIpc) is 2.46. The van der Waals surface area contributed by atoms with Gasteiger partial charge in [-0.05, 0) is 35.8 Å². The Balaban J connectivity index is 2.33. The summed E-state index contributed by atoms with van der Waals surface area (Å²) in [6, 6.07) is 16.0. The second-order valence-electron chi connectivity index (χ2n) is 3.98. The zero-order valence-corrected chi connectivity index (χ0v) is 10.3. The molecule has 18 heavy (non-hydrogen) atoms. The van der Waals surface area contributed by atoms with Crippen molar-refractivity contribution in [3.05, 3.63) is 65.5 Å². The van der Waals surface area contributed by atoms with Crippen molar-refractivity contribution in [2.45, 2.75) is 13.3 Å². The van der Waals surface area contributed by atoms with Crippen LogP contribution in [0.3, 0.4) is 0 Å². The molecule has 0 saturated heterocycles. The molecule has 0 amide bonds. The number of hydrogen-bond acceptors (Lipinski definition) is 2. The highest BCUT2D eigenvalue weighted by Gasteiger charge is 2.01. The first-order chi connectivity index (χ1) is 8.83. The van der Waals surface area contributed by atoms with Crippen LogP contribution in [-0.2, 0) is 6.42 Å². The van der Waals surface area contributed by atoms with Gasteiger partial charge in [0.1, 0.15) is 6.07 Å². The molecule has 0 aliphatic carbocycles. The Morgan fingerprint density at radius 2 is 2.00 bits per heavy atom. The molecule has 0 fully saturated rings. The van der Waals surface area contributed by atoms with E-state index in [-0.39, 0.29) is 0 Å². The second kappa shape index (κ2) is 5.79. The van der Waals surface area contributed by atoms with Crippen molar-refractivity contribution in [3.8, 4) is 6.07 Å². The molecule has 0 radical (unpaired) electrons. The molecule has 0 aliphatic heterocycles. The van der Waals surface area contributed by atoms with Gasteiger partial charge in [-0.25, -0.2) is 0 Å². The summed E-state index contributed by atoms with van der Waals surface area (Å²) in [6.07, 6.45) is 4.58. The maximum Gasteiger partial charge on any atom is 0.101 e. The van der Waals surface area contributed by atoms with Crippen LogP contribution in [0.25, 0.3) is 11.6 Å². The maximum atomic E-state index is 9.18. The molecule has 2 nitrogen and oxygen atoms in total. The summed E-state index contributed by atoms with van der Waals surface area (Å²) in [6.45, 7) is 2.12. The molecule has 0 unspecified atom stereocenters. The van der Waals surface area contributed by atoms with Gasteiger partial charge in [0.2, 0.25) is 0 Å². The Hall–Kier alpha value is -2.40. The Labute approximate surface area is 107 Å². The predicted molar refractivity (Wildman–Crippen MR) is 73.5 cm³/mol. The lowest BCUT2D eigenvalue weighted by Gasteiger charge is -2.00. The molecule has 88 valence electrons. The van der Waals surface area contributed by atoms with Crippen LogP contribution in [0.2, 0.25) is 0 Å². The fraction of sp³-hybridized carbons (Fsp3) is 0.125. The van der Waals surface area contributed by atoms with Crippen molar-refractivity contribution in [1.29, 1.82) is 5.26 Å². The van der Waals surface area contributed by atoms with Gasteiger partial charge >= 0.3 is 0 Å². The lowest BCUT2D eigenvalue weighted by atomic mass is 10.1. The molecule has 2 rings (SSSR count). The fourth-order valence-corrected chi connectivity index (χ4v) is 1.70. The first-order valence-corrected chi connectivity index (χ1v) is 5.95. The van der Waals surface area contributed by atoms with Gasteiger partial charge in [0.05, 0.1) is 11.3 Å². The zero-order chi connectivity index (χ0) is 12.8. The number of pyridine rings is 1. The standard InChI is InChI=1S/C16H14N2/c1-2-13-6-8-14(9-7-13)11-15(12-17)16-5-3-4-10-18-16/h3-11H,2H2,1H3/b15-11-. The van der Waals surface area contributed by atoms with Gasteiger partial charge in [-0.2, -0.15) is 5.26 Å². The van der Waals surface area contributed by atoms with E-state index < -0.39 is 0 Å². The van der Waals surface area contributed by atoms with Crippen LogP contribution in [0.15, 0.2) is 48.7 Å². The SMILES string of the molecule is CCc1ccc(/C=C(/C#N)c2ccccn2)cc1. The lowest BCUT2D eigenvalue weighted by molar-refractivity contribution is 1.14. The van der Waals surface area contributed by atoms with Crippen LogP contribution in [0.5, 0.6) is 0 Å². The predicted octanol–water partition coefficient (Wildman–Crippen LogP) is 3.71. The van der Waals surface area contributed by atoms with E-state index in [1.54, 1.807) is 6.20 Å². The summed E-state index contributed by atoms with van der Waals surface area (Å²) in [5.41, 5.74) is 3.61. The molecule has 0 aliphatic rings. The first kappa shape index (κ1) is 12.1. The normalized spacial score (nSPS) is 11.0. The smallest absolute Gasteiger partial charge is 0.101 e. The highest BCUT2D eigenvalue weighted by Crippen LogP contribution is 2.15. The van der Waals surface area contributed by atoms with Gasteiger partial charge in [-0.15, -0.1) is 0 Å². The number of hydrogen-bond donors (Lipinski definition) is 0. The molecule has 0 bridgehead atoms. The third kappa shape index (κ3) is 2.83. The number of aryl methyl sites for hydroxylation is 1. The molecule has 1 aromatic heterocycles. The zero-order valence-electron chi connectivity index (χ0n) is 10.3. The van der Waals surface area contributed by atoms with Crippen LogP contribution in [0, 0.1) is 11.3 Å². The number of nitrogens with zero attached hydrogens (tertiary/aromatic N) is 2. The molecule has 2 aromatic rings. The number of rotatable bonds is 3. The molecular weight excluding hydrogens is 220 g/mol. The van der Waals surface area contributed by atoms with Crippen LogP contribution in [0.1, 0.15) is 23.7 Å². The number of benzene rings is 1. The van der Waals surface area contributed by atoms with E-state index in [4.69, 9.17) is 0 Å². The largest absolute Gasteiger partial charge is 0.256 e. The molecule has 0 saturated carbocycles. The molecule has 0 N–H and O–H groups in total. The molecule has 1 heterocycles. The highest BCUT2D eigenvalue weighted by molar-refractivity contribution is 5.88. The van der Waals surface area contributed by atoms with Crippen LogP contribution in [0.4, 0.5) is 0 Å². The van der Waals surface area contributed by atoms with E-state index >= 15 is 0 Å². The Morgan fingerprint density at radius 3 is 2.56 bits per heavy atom. The monoisotopic (exact) mass is 234 g/mol. The molecule has 0 spiro atoms. The van der Waals surface area contributed by atoms with Crippen molar-refractivity contribution in [3.63, 3.8) is 0 Å². The number of allylic oxidation sites excluding steroid dienone is 1. The average molecular weight is 234 g/mol.